The summed E-state index contributed by atoms with van der Waals surface area (Å²) in [6.45, 7) is 4.88. The van der Waals surface area contributed by atoms with E-state index in [0.717, 1.165) is 19.1 Å². The molecular formula is C17H26N4. The van der Waals surface area contributed by atoms with Gasteiger partial charge in [-0.25, -0.2) is 4.98 Å². The second-order valence-electron chi connectivity index (χ2n) is 6.71. The number of nitrogens with one attached hydrogen (secondary N) is 1. The zero-order valence-electron chi connectivity index (χ0n) is 12.8. The zero-order valence-corrected chi connectivity index (χ0v) is 12.8. The predicted molar refractivity (Wildman–Crippen MR) is 86.9 cm³/mol. The first-order chi connectivity index (χ1) is 10.4. The van der Waals surface area contributed by atoms with E-state index in [-0.39, 0.29) is 0 Å². The predicted octanol–water partition coefficient (Wildman–Crippen LogP) is 2.72. The minimum atomic E-state index is 0.607. The molecular weight excluding hydrogens is 260 g/mol. The van der Waals surface area contributed by atoms with Crippen LogP contribution in [0.5, 0.6) is 0 Å². The third kappa shape index (κ3) is 2.61. The molecule has 1 aromatic rings. The summed E-state index contributed by atoms with van der Waals surface area (Å²) < 4.78 is 0. The van der Waals surface area contributed by atoms with E-state index >= 15 is 0 Å². The molecule has 4 heteroatoms. The highest BCUT2D eigenvalue weighted by Gasteiger charge is 2.35. The lowest BCUT2D eigenvalue weighted by molar-refractivity contribution is 0.193. The largest absolute Gasteiger partial charge is 0.378 e. The summed E-state index contributed by atoms with van der Waals surface area (Å²) in [4.78, 5) is 9.78. The number of hydrogen-bond donors (Lipinski definition) is 1. The molecule has 3 aliphatic rings. The zero-order chi connectivity index (χ0) is 14.1. The number of pyridine rings is 1. The Morgan fingerprint density at radius 3 is 2.76 bits per heavy atom. The maximum atomic E-state index is 4.66. The van der Waals surface area contributed by atoms with E-state index < -0.39 is 0 Å². The molecule has 2 unspecified atom stereocenters. The maximum Gasteiger partial charge on any atom is 0.151 e. The molecule has 0 aliphatic carbocycles. The van der Waals surface area contributed by atoms with Crippen LogP contribution in [0.3, 0.4) is 0 Å². The van der Waals surface area contributed by atoms with Crippen LogP contribution in [0.25, 0.3) is 0 Å². The quantitative estimate of drug-likeness (QED) is 0.926. The molecule has 0 radical (unpaired) electrons. The molecule has 0 amide bonds. The van der Waals surface area contributed by atoms with E-state index in [9.17, 15) is 0 Å². The normalized spacial score (nSPS) is 29.6. The highest BCUT2D eigenvalue weighted by molar-refractivity contribution is 5.66. The lowest BCUT2D eigenvalue weighted by atomic mass is 9.99. The fourth-order valence-electron chi connectivity index (χ4n) is 4.31. The number of nitrogens with zero attached hydrogens (tertiary/aromatic N) is 3. The van der Waals surface area contributed by atoms with Gasteiger partial charge in [0.15, 0.2) is 5.82 Å². The Bertz CT molecular complexity index is 483. The molecule has 0 spiro atoms. The van der Waals surface area contributed by atoms with Crippen molar-refractivity contribution in [1.29, 1.82) is 0 Å². The molecule has 3 saturated heterocycles. The second-order valence-corrected chi connectivity index (χ2v) is 6.71. The average Bonchev–Trinajstić information content (AvgIpc) is 3.18. The first-order valence-electron chi connectivity index (χ1n) is 8.62. The van der Waals surface area contributed by atoms with Gasteiger partial charge in [-0.15, -0.1) is 0 Å². The summed E-state index contributed by atoms with van der Waals surface area (Å²) in [6.07, 6.45) is 9.95. The summed E-state index contributed by atoms with van der Waals surface area (Å²) in [5.41, 5.74) is 1.25. The lowest BCUT2D eigenvalue weighted by Crippen LogP contribution is -2.42. The van der Waals surface area contributed by atoms with Gasteiger partial charge in [0.2, 0.25) is 0 Å². The first-order valence-corrected chi connectivity index (χ1v) is 8.62. The summed E-state index contributed by atoms with van der Waals surface area (Å²) in [7, 11) is 0. The van der Waals surface area contributed by atoms with Gasteiger partial charge in [-0.2, -0.15) is 0 Å². The molecule has 3 fully saturated rings. The van der Waals surface area contributed by atoms with Gasteiger partial charge in [0, 0.05) is 37.9 Å². The van der Waals surface area contributed by atoms with Crippen molar-refractivity contribution in [3.63, 3.8) is 0 Å². The molecule has 1 aromatic heterocycles. The third-order valence-electron chi connectivity index (χ3n) is 5.39. The van der Waals surface area contributed by atoms with Crippen LogP contribution in [0.2, 0.25) is 0 Å². The van der Waals surface area contributed by atoms with Gasteiger partial charge in [-0.05, 0) is 50.8 Å². The highest BCUT2D eigenvalue weighted by Crippen LogP contribution is 2.32. The number of hydrogen-bond acceptors (Lipinski definition) is 4. The van der Waals surface area contributed by atoms with Gasteiger partial charge in [0.1, 0.15) is 0 Å². The number of fused-ring (bicyclic) bond motifs is 1. The van der Waals surface area contributed by atoms with Crippen LogP contribution in [0.1, 0.15) is 38.5 Å². The summed E-state index contributed by atoms with van der Waals surface area (Å²) in [6, 6.07) is 5.63. The molecule has 0 aromatic carbocycles. The minimum absolute atomic E-state index is 0.607. The van der Waals surface area contributed by atoms with Crippen molar-refractivity contribution in [3.05, 3.63) is 18.3 Å². The molecule has 4 rings (SSSR count). The molecule has 0 bridgehead atoms. The number of piperidine rings is 1. The van der Waals surface area contributed by atoms with E-state index in [2.05, 4.69) is 32.2 Å². The molecule has 0 saturated carbocycles. The Kier molecular flexibility index (Phi) is 3.72. The van der Waals surface area contributed by atoms with Crippen molar-refractivity contribution in [2.75, 3.05) is 36.4 Å². The van der Waals surface area contributed by atoms with Crippen molar-refractivity contribution in [1.82, 2.24) is 9.88 Å². The smallest absolute Gasteiger partial charge is 0.151 e. The van der Waals surface area contributed by atoms with Crippen LogP contribution in [-0.4, -0.2) is 48.1 Å². The van der Waals surface area contributed by atoms with Gasteiger partial charge in [-0.1, -0.05) is 6.42 Å². The maximum absolute atomic E-state index is 4.66. The molecule has 2 atom stereocenters. The van der Waals surface area contributed by atoms with Gasteiger partial charge < -0.3 is 10.2 Å². The molecule has 4 heterocycles. The molecule has 1 N–H and O–H groups in total. The summed E-state index contributed by atoms with van der Waals surface area (Å²) in [5, 5.41) is 3.84. The van der Waals surface area contributed by atoms with Crippen LogP contribution in [0.4, 0.5) is 11.5 Å². The average molecular weight is 286 g/mol. The topological polar surface area (TPSA) is 31.4 Å². The fraction of sp³-hybridized carbons (Fsp3) is 0.706. The SMILES string of the molecule is c1cnc(N2CCCC2)c(NC2CCN3CCCCC23)c1. The van der Waals surface area contributed by atoms with E-state index in [4.69, 9.17) is 0 Å². The van der Waals surface area contributed by atoms with Crippen LogP contribution >= 0.6 is 0 Å². The van der Waals surface area contributed by atoms with E-state index in [0.29, 0.717) is 6.04 Å². The van der Waals surface area contributed by atoms with Gasteiger partial charge >= 0.3 is 0 Å². The fourth-order valence-corrected chi connectivity index (χ4v) is 4.31. The van der Waals surface area contributed by atoms with Crippen LogP contribution < -0.4 is 10.2 Å². The number of rotatable bonds is 3. The molecule has 3 aliphatic heterocycles. The van der Waals surface area contributed by atoms with Crippen molar-refractivity contribution in [2.24, 2.45) is 0 Å². The van der Waals surface area contributed by atoms with Crippen LogP contribution in [-0.2, 0) is 0 Å². The van der Waals surface area contributed by atoms with Crippen LogP contribution in [0, 0.1) is 0 Å². The van der Waals surface area contributed by atoms with Gasteiger partial charge in [-0.3, -0.25) is 4.90 Å². The Hall–Kier alpha value is -1.29. The molecule has 4 nitrogen and oxygen atoms in total. The van der Waals surface area contributed by atoms with E-state index in [1.807, 2.05) is 6.20 Å². The van der Waals surface area contributed by atoms with E-state index in [1.165, 1.54) is 63.1 Å². The number of aromatic nitrogens is 1. The Labute approximate surface area is 127 Å². The van der Waals surface area contributed by atoms with Crippen LogP contribution in [0.15, 0.2) is 18.3 Å². The van der Waals surface area contributed by atoms with Crippen molar-refractivity contribution >= 4 is 11.5 Å². The molecule has 21 heavy (non-hydrogen) atoms. The summed E-state index contributed by atoms with van der Waals surface area (Å²) >= 11 is 0. The Balaban J connectivity index is 1.51. The minimum Gasteiger partial charge on any atom is -0.378 e. The van der Waals surface area contributed by atoms with Gasteiger partial charge in [0.05, 0.1) is 5.69 Å². The lowest BCUT2D eigenvalue weighted by Gasteiger charge is -2.33. The van der Waals surface area contributed by atoms with Gasteiger partial charge in [0.25, 0.3) is 0 Å². The Morgan fingerprint density at radius 1 is 1.00 bits per heavy atom. The monoisotopic (exact) mass is 286 g/mol. The van der Waals surface area contributed by atoms with Crippen molar-refractivity contribution in [2.45, 2.75) is 50.6 Å². The summed E-state index contributed by atoms with van der Waals surface area (Å²) in [5.74, 6) is 1.17. The highest BCUT2D eigenvalue weighted by atomic mass is 15.3. The standard InChI is InChI=1S/C17H26N4/c1-2-10-20-13-8-14(16(20)7-1)19-15-6-5-9-18-17(15)21-11-3-4-12-21/h5-6,9,14,16,19H,1-4,7-8,10-13H2. The number of anilines is 2. The molecule has 114 valence electrons. The Morgan fingerprint density at radius 2 is 1.86 bits per heavy atom. The van der Waals surface area contributed by atoms with E-state index in [1.54, 1.807) is 0 Å². The van der Waals surface area contributed by atoms with Crippen molar-refractivity contribution in [3.8, 4) is 0 Å². The second kappa shape index (κ2) is 5.84. The third-order valence-corrected chi connectivity index (χ3v) is 5.39. The van der Waals surface area contributed by atoms with Crippen molar-refractivity contribution < 1.29 is 0 Å². The first kappa shape index (κ1) is 13.4.